The molecule has 3 N–H and O–H groups in total. The molecular weight excluding hydrogens is 330 g/mol. The summed E-state index contributed by atoms with van der Waals surface area (Å²) in [5, 5.41) is 8.63. The van der Waals surface area contributed by atoms with E-state index >= 15 is 0 Å². The van der Waals surface area contributed by atoms with Crippen LogP contribution < -0.4 is 10.5 Å². The molecule has 0 aliphatic carbocycles. The van der Waals surface area contributed by atoms with Crippen molar-refractivity contribution in [3.8, 4) is 11.4 Å². The molecule has 0 atom stereocenters. The topological polar surface area (TPSA) is 64.0 Å². The fourth-order valence-corrected chi connectivity index (χ4v) is 3.67. The highest BCUT2D eigenvalue weighted by Gasteiger charge is 2.06. The first-order valence-corrected chi connectivity index (χ1v) is 8.74. The number of fused-ring (bicyclic) bond motifs is 1. The number of rotatable bonds is 5. The molecule has 2 aromatic carbocycles. The Morgan fingerprint density at radius 1 is 1.04 bits per heavy atom. The lowest BCUT2D eigenvalue weighted by Gasteiger charge is -2.09. The standard InChI is InChI=1S/C20H17N3OS/c21-20(22)19-11-15-6-7-17(12-18(15)25-19)24-13-14-4-3-5-16(10-14)23-8-1-2-9-23/h1-12H,13H2,(H3,21,22). The van der Waals surface area contributed by atoms with Crippen LogP contribution in [-0.4, -0.2) is 10.4 Å². The van der Waals surface area contributed by atoms with E-state index in [9.17, 15) is 0 Å². The van der Waals surface area contributed by atoms with Crippen molar-refractivity contribution in [2.45, 2.75) is 6.61 Å². The van der Waals surface area contributed by atoms with Gasteiger partial charge in [-0.2, -0.15) is 0 Å². The summed E-state index contributed by atoms with van der Waals surface area (Å²) in [5.74, 6) is 0.918. The van der Waals surface area contributed by atoms with Crippen LogP contribution in [0.2, 0.25) is 0 Å². The normalized spacial score (nSPS) is 10.9. The minimum atomic E-state index is 0.102. The van der Waals surface area contributed by atoms with Gasteiger partial charge in [-0.25, -0.2) is 0 Å². The number of nitrogens with one attached hydrogen (secondary N) is 1. The highest BCUT2D eigenvalue weighted by Crippen LogP contribution is 2.29. The number of nitrogens with two attached hydrogens (primary N) is 1. The van der Waals surface area contributed by atoms with Crippen molar-refractivity contribution in [3.05, 3.63) is 83.5 Å². The van der Waals surface area contributed by atoms with Crippen molar-refractivity contribution in [2.75, 3.05) is 0 Å². The van der Waals surface area contributed by atoms with E-state index < -0.39 is 0 Å². The molecule has 4 nitrogen and oxygen atoms in total. The molecule has 4 rings (SSSR count). The first kappa shape index (κ1) is 15.5. The molecule has 0 unspecified atom stereocenters. The molecule has 2 heterocycles. The van der Waals surface area contributed by atoms with Crippen molar-refractivity contribution in [2.24, 2.45) is 5.73 Å². The fourth-order valence-electron chi connectivity index (χ4n) is 2.71. The van der Waals surface area contributed by atoms with Gasteiger partial charge in [0.2, 0.25) is 0 Å². The summed E-state index contributed by atoms with van der Waals surface area (Å²) < 4.78 is 9.10. The van der Waals surface area contributed by atoms with Gasteiger partial charge in [0.1, 0.15) is 18.2 Å². The summed E-state index contributed by atoms with van der Waals surface area (Å²) >= 11 is 1.51. The quantitative estimate of drug-likeness (QED) is 0.411. The van der Waals surface area contributed by atoms with E-state index in [-0.39, 0.29) is 5.84 Å². The number of nitrogens with zero attached hydrogens (tertiary/aromatic N) is 1. The Morgan fingerprint density at radius 2 is 1.88 bits per heavy atom. The summed E-state index contributed by atoms with van der Waals surface area (Å²) in [5.41, 5.74) is 7.79. The lowest BCUT2D eigenvalue weighted by molar-refractivity contribution is 0.306. The minimum Gasteiger partial charge on any atom is -0.489 e. The van der Waals surface area contributed by atoms with Gasteiger partial charge in [0, 0.05) is 22.8 Å². The summed E-state index contributed by atoms with van der Waals surface area (Å²) in [6.07, 6.45) is 4.05. The molecule has 2 aromatic heterocycles. The monoisotopic (exact) mass is 347 g/mol. The second-order valence-corrected chi connectivity index (χ2v) is 6.86. The first-order chi connectivity index (χ1) is 12.2. The average molecular weight is 347 g/mol. The second-order valence-electron chi connectivity index (χ2n) is 5.77. The SMILES string of the molecule is N=C(N)c1cc2ccc(OCc3cccc(-n4cccc4)c3)cc2s1. The van der Waals surface area contributed by atoms with E-state index in [4.69, 9.17) is 15.9 Å². The molecule has 0 fully saturated rings. The van der Waals surface area contributed by atoms with Crippen LogP contribution in [0.25, 0.3) is 15.8 Å². The maximum Gasteiger partial charge on any atom is 0.133 e. The summed E-state index contributed by atoms with van der Waals surface area (Å²) in [4.78, 5) is 0.784. The molecule has 124 valence electrons. The van der Waals surface area contributed by atoms with Crippen LogP contribution in [0.4, 0.5) is 0 Å². The molecule has 4 aromatic rings. The van der Waals surface area contributed by atoms with Gasteiger partial charge in [-0.05, 0) is 59.5 Å². The van der Waals surface area contributed by atoms with Gasteiger partial charge >= 0.3 is 0 Å². The van der Waals surface area contributed by atoms with Gasteiger partial charge in [-0.3, -0.25) is 5.41 Å². The zero-order chi connectivity index (χ0) is 17.2. The van der Waals surface area contributed by atoms with Crippen LogP contribution in [0.15, 0.2) is 73.1 Å². The van der Waals surface area contributed by atoms with Crippen molar-refractivity contribution in [3.63, 3.8) is 0 Å². The van der Waals surface area contributed by atoms with Gasteiger partial charge in [0.05, 0.1) is 4.88 Å². The molecule has 0 aliphatic heterocycles. The van der Waals surface area contributed by atoms with E-state index in [1.165, 1.54) is 11.3 Å². The van der Waals surface area contributed by atoms with Crippen LogP contribution in [0.1, 0.15) is 10.4 Å². The van der Waals surface area contributed by atoms with Crippen LogP contribution in [0, 0.1) is 5.41 Å². The smallest absolute Gasteiger partial charge is 0.133 e. The molecule has 5 heteroatoms. The van der Waals surface area contributed by atoms with Crippen LogP contribution in [0.3, 0.4) is 0 Å². The number of hydrogen-bond acceptors (Lipinski definition) is 3. The molecule has 0 bridgehead atoms. The van der Waals surface area contributed by atoms with Crippen molar-refractivity contribution in [1.29, 1.82) is 5.41 Å². The number of thiophene rings is 1. The van der Waals surface area contributed by atoms with E-state index in [0.717, 1.165) is 32.0 Å². The van der Waals surface area contributed by atoms with E-state index in [0.29, 0.717) is 6.61 Å². The number of hydrogen-bond donors (Lipinski definition) is 2. The summed E-state index contributed by atoms with van der Waals surface area (Å²) in [6, 6.07) is 20.2. The van der Waals surface area contributed by atoms with Gasteiger partial charge < -0.3 is 15.0 Å². The number of nitrogen functional groups attached to an aromatic ring is 1. The zero-order valence-electron chi connectivity index (χ0n) is 13.5. The maximum atomic E-state index is 7.55. The Balaban J connectivity index is 1.52. The van der Waals surface area contributed by atoms with Crippen LogP contribution in [0.5, 0.6) is 5.75 Å². The van der Waals surface area contributed by atoms with Gasteiger partial charge in [-0.15, -0.1) is 11.3 Å². The molecule has 25 heavy (non-hydrogen) atoms. The number of aromatic nitrogens is 1. The van der Waals surface area contributed by atoms with Crippen molar-refractivity contribution in [1.82, 2.24) is 4.57 Å². The Hall–Kier alpha value is -3.05. The Morgan fingerprint density at radius 3 is 2.68 bits per heavy atom. The Labute approximate surface area is 149 Å². The van der Waals surface area contributed by atoms with E-state index in [1.807, 2.05) is 54.9 Å². The Kier molecular flexibility index (Phi) is 3.99. The average Bonchev–Trinajstić information content (AvgIpc) is 3.29. The predicted octanol–water partition coefficient (Wildman–Crippen LogP) is 4.56. The molecule has 0 amide bonds. The second kappa shape index (κ2) is 6.45. The lowest BCUT2D eigenvalue weighted by atomic mass is 10.2. The number of amidine groups is 1. The summed E-state index contributed by atoms with van der Waals surface area (Å²) in [6.45, 7) is 0.506. The molecule has 0 aliphatic rings. The van der Waals surface area contributed by atoms with E-state index in [2.05, 4.69) is 22.8 Å². The number of benzene rings is 2. The third-order valence-electron chi connectivity index (χ3n) is 3.98. The lowest BCUT2D eigenvalue weighted by Crippen LogP contribution is -2.08. The molecule has 0 saturated carbocycles. The fraction of sp³-hybridized carbons (Fsp3) is 0.0500. The zero-order valence-corrected chi connectivity index (χ0v) is 14.3. The third kappa shape index (κ3) is 3.27. The van der Waals surface area contributed by atoms with Gasteiger partial charge in [-0.1, -0.05) is 12.1 Å². The van der Waals surface area contributed by atoms with Gasteiger partial charge in [0.25, 0.3) is 0 Å². The minimum absolute atomic E-state index is 0.102. The molecular formula is C20H17N3OS. The predicted molar refractivity (Wildman–Crippen MR) is 103 cm³/mol. The van der Waals surface area contributed by atoms with E-state index in [1.54, 1.807) is 0 Å². The third-order valence-corrected chi connectivity index (χ3v) is 5.11. The molecule has 0 saturated heterocycles. The highest BCUT2D eigenvalue weighted by atomic mass is 32.1. The highest BCUT2D eigenvalue weighted by molar-refractivity contribution is 7.20. The largest absolute Gasteiger partial charge is 0.489 e. The number of ether oxygens (including phenoxy) is 1. The van der Waals surface area contributed by atoms with Crippen molar-refractivity contribution < 1.29 is 4.74 Å². The van der Waals surface area contributed by atoms with Crippen molar-refractivity contribution >= 4 is 27.3 Å². The van der Waals surface area contributed by atoms with Crippen LogP contribution >= 0.6 is 11.3 Å². The van der Waals surface area contributed by atoms with Crippen LogP contribution in [-0.2, 0) is 6.61 Å². The van der Waals surface area contributed by atoms with Gasteiger partial charge in [0.15, 0.2) is 0 Å². The maximum absolute atomic E-state index is 7.55. The molecule has 0 spiro atoms. The summed E-state index contributed by atoms with van der Waals surface area (Å²) in [7, 11) is 0. The Bertz CT molecular complexity index is 1030. The molecule has 0 radical (unpaired) electrons. The first-order valence-electron chi connectivity index (χ1n) is 7.92.